The third-order valence-corrected chi connectivity index (χ3v) is 2.24. The van der Waals surface area contributed by atoms with Gasteiger partial charge in [-0.3, -0.25) is 9.59 Å². The van der Waals surface area contributed by atoms with E-state index in [0.717, 1.165) is 0 Å². The topological polar surface area (TPSA) is 117 Å². The molecule has 8 heteroatoms. The Morgan fingerprint density at radius 3 is 1.50 bits per heavy atom. The van der Waals surface area contributed by atoms with Gasteiger partial charge < -0.3 is 30.3 Å². The van der Waals surface area contributed by atoms with Crippen molar-refractivity contribution >= 4 is 11.9 Å². The second kappa shape index (κ2) is 9.77. The number of methoxy groups -OCH3 is 2. The van der Waals surface area contributed by atoms with Crippen molar-refractivity contribution in [3.63, 3.8) is 0 Å². The lowest BCUT2D eigenvalue weighted by Crippen LogP contribution is -2.47. The fourth-order valence-corrected chi connectivity index (χ4v) is 1.22. The van der Waals surface area contributed by atoms with Crippen LogP contribution < -0.4 is 10.6 Å². The van der Waals surface area contributed by atoms with E-state index in [0.29, 0.717) is 13.1 Å². The van der Waals surface area contributed by atoms with Crippen LogP contribution in [0.3, 0.4) is 0 Å². The molecule has 2 atom stereocenters. The molecule has 0 amide bonds. The van der Waals surface area contributed by atoms with Gasteiger partial charge in [-0.05, 0) is 0 Å². The van der Waals surface area contributed by atoms with Crippen molar-refractivity contribution in [3.8, 4) is 0 Å². The molecule has 0 aromatic rings. The fourth-order valence-electron chi connectivity index (χ4n) is 1.22. The van der Waals surface area contributed by atoms with Gasteiger partial charge in [0, 0.05) is 13.1 Å². The average Bonchev–Trinajstić information content (AvgIpc) is 2.41. The van der Waals surface area contributed by atoms with Crippen molar-refractivity contribution in [3.05, 3.63) is 0 Å². The Morgan fingerprint density at radius 1 is 0.944 bits per heavy atom. The maximum Gasteiger partial charge on any atom is 0.325 e. The molecule has 0 aliphatic rings. The summed E-state index contributed by atoms with van der Waals surface area (Å²) in [5.41, 5.74) is 0. The van der Waals surface area contributed by atoms with E-state index < -0.39 is 24.0 Å². The minimum atomic E-state index is -0.803. The van der Waals surface area contributed by atoms with Crippen LogP contribution in [0.5, 0.6) is 0 Å². The van der Waals surface area contributed by atoms with Gasteiger partial charge in [0.05, 0.1) is 27.4 Å². The monoisotopic (exact) mass is 264 g/mol. The average molecular weight is 264 g/mol. The van der Waals surface area contributed by atoms with Crippen LogP contribution in [-0.4, -0.2) is 74.8 Å². The largest absolute Gasteiger partial charge is 0.468 e. The molecule has 18 heavy (non-hydrogen) atoms. The molecule has 8 nitrogen and oxygen atoms in total. The number of carbonyl (C=O) groups is 2. The molecule has 0 bridgehead atoms. The molecular formula is C10H20N2O6. The Morgan fingerprint density at radius 2 is 1.28 bits per heavy atom. The first-order chi connectivity index (χ1) is 8.60. The van der Waals surface area contributed by atoms with Crippen molar-refractivity contribution in [1.82, 2.24) is 10.6 Å². The number of esters is 2. The maximum atomic E-state index is 11.1. The maximum absolute atomic E-state index is 11.1. The summed E-state index contributed by atoms with van der Waals surface area (Å²) in [5, 5.41) is 23.3. The lowest BCUT2D eigenvalue weighted by Gasteiger charge is -2.16. The van der Waals surface area contributed by atoms with E-state index in [9.17, 15) is 9.59 Å². The molecule has 4 N–H and O–H groups in total. The Kier molecular flexibility index (Phi) is 9.11. The van der Waals surface area contributed by atoms with Crippen LogP contribution in [0.25, 0.3) is 0 Å². The Labute approximate surface area is 105 Å². The van der Waals surface area contributed by atoms with Crippen LogP contribution in [0.4, 0.5) is 0 Å². The highest BCUT2D eigenvalue weighted by Gasteiger charge is 2.19. The zero-order chi connectivity index (χ0) is 14.0. The van der Waals surface area contributed by atoms with Crippen LogP contribution >= 0.6 is 0 Å². The Bertz CT molecular complexity index is 235. The molecule has 0 aromatic heterocycles. The molecular weight excluding hydrogens is 244 g/mol. The zero-order valence-corrected chi connectivity index (χ0v) is 10.5. The number of carbonyl (C=O) groups excluding carboxylic acids is 2. The summed E-state index contributed by atoms with van der Waals surface area (Å²) in [5.74, 6) is -1.13. The first-order valence-corrected chi connectivity index (χ1v) is 5.44. The number of aliphatic hydroxyl groups excluding tert-OH is 2. The minimum absolute atomic E-state index is 0.313. The highest BCUT2D eigenvalue weighted by Crippen LogP contribution is 1.88. The lowest BCUT2D eigenvalue weighted by molar-refractivity contribution is -0.145. The molecule has 0 aromatic carbocycles. The van der Waals surface area contributed by atoms with Crippen LogP contribution in [-0.2, 0) is 19.1 Å². The standard InChI is InChI=1S/C10H20N2O6/c1-17-9(15)7(5-13)11-3-4-12-8(6-14)10(16)18-2/h7-8,11-14H,3-6H2,1-2H3/t7-,8-/m0/s1. The van der Waals surface area contributed by atoms with Gasteiger partial charge in [0.25, 0.3) is 0 Å². The molecule has 0 rings (SSSR count). The summed E-state index contributed by atoms with van der Waals surface area (Å²) in [7, 11) is 2.45. The molecule has 0 heterocycles. The van der Waals surface area contributed by atoms with Crippen LogP contribution in [0.1, 0.15) is 0 Å². The van der Waals surface area contributed by atoms with Crippen LogP contribution in [0.15, 0.2) is 0 Å². The molecule has 0 fully saturated rings. The van der Waals surface area contributed by atoms with Gasteiger partial charge >= 0.3 is 11.9 Å². The third kappa shape index (κ3) is 5.92. The van der Waals surface area contributed by atoms with Gasteiger partial charge in [-0.1, -0.05) is 0 Å². The summed E-state index contributed by atoms with van der Waals surface area (Å²) >= 11 is 0. The van der Waals surface area contributed by atoms with Crippen molar-refractivity contribution in [1.29, 1.82) is 0 Å². The van der Waals surface area contributed by atoms with Gasteiger partial charge in [-0.2, -0.15) is 0 Å². The van der Waals surface area contributed by atoms with E-state index in [-0.39, 0.29) is 13.2 Å². The Hall–Kier alpha value is -1.22. The summed E-state index contributed by atoms with van der Waals surface area (Å²) < 4.78 is 8.92. The highest BCUT2D eigenvalue weighted by atomic mass is 16.5. The predicted octanol–water partition coefficient (Wildman–Crippen LogP) is -2.77. The number of ether oxygens (including phenoxy) is 2. The minimum Gasteiger partial charge on any atom is -0.468 e. The number of nitrogens with one attached hydrogen (secondary N) is 2. The van der Waals surface area contributed by atoms with E-state index in [2.05, 4.69) is 20.1 Å². The third-order valence-electron chi connectivity index (χ3n) is 2.24. The van der Waals surface area contributed by atoms with Gasteiger partial charge in [0.15, 0.2) is 0 Å². The summed E-state index contributed by atoms with van der Waals surface area (Å²) in [6.07, 6.45) is 0. The summed E-state index contributed by atoms with van der Waals surface area (Å²) in [4.78, 5) is 22.2. The van der Waals surface area contributed by atoms with Crippen molar-refractivity contribution in [2.45, 2.75) is 12.1 Å². The number of hydrogen-bond donors (Lipinski definition) is 4. The SMILES string of the molecule is COC(=O)[C@H](CO)NCCN[C@@H](CO)C(=O)OC. The van der Waals surface area contributed by atoms with Gasteiger partial charge in [0.2, 0.25) is 0 Å². The molecule has 0 aliphatic heterocycles. The van der Waals surface area contributed by atoms with Crippen molar-refractivity contribution < 1.29 is 29.3 Å². The van der Waals surface area contributed by atoms with Crippen LogP contribution in [0, 0.1) is 0 Å². The molecule has 0 saturated carbocycles. The van der Waals surface area contributed by atoms with Crippen molar-refractivity contribution in [2.75, 3.05) is 40.5 Å². The summed E-state index contributed by atoms with van der Waals surface area (Å²) in [6, 6.07) is -1.61. The molecule has 0 aliphatic carbocycles. The summed E-state index contributed by atoms with van der Waals surface area (Å²) in [6.45, 7) is -0.137. The van der Waals surface area contributed by atoms with Gasteiger partial charge in [-0.25, -0.2) is 0 Å². The van der Waals surface area contributed by atoms with Gasteiger partial charge in [0.1, 0.15) is 12.1 Å². The van der Waals surface area contributed by atoms with E-state index in [4.69, 9.17) is 10.2 Å². The predicted molar refractivity (Wildman–Crippen MR) is 61.8 cm³/mol. The Balaban J connectivity index is 3.89. The van der Waals surface area contributed by atoms with E-state index in [1.807, 2.05) is 0 Å². The number of aliphatic hydroxyl groups is 2. The normalized spacial score (nSPS) is 13.8. The highest BCUT2D eigenvalue weighted by molar-refractivity contribution is 5.76. The van der Waals surface area contributed by atoms with Gasteiger partial charge in [-0.15, -0.1) is 0 Å². The zero-order valence-electron chi connectivity index (χ0n) is 10.5. The second-order valence-corrected chi connectivity index (χ2v) is 3.42. The second-order valence-electron chi connectivity index (χ2n) is 3.42. The lowest BCUT2D eigenvalue weighted by atomic mass is 10.3. The smallest absolute Gasteiger partial charge is 0.325 e. The van der Waals surface area contributed by atoms with Crippen LogP contribution in [0.2, 0.25) is 0 Å². The van der Waals surface area contributed by atoms with E-state index in [1.165, 1.54) is 14.2 Å². The van der Waals surface area contributed by atoms with E-state index in [1.54, 1.807) is 0 Å². The molecule has 106 valence electrons. The molecule has 0 radical (unpaired) electrons. The quantitative estimate of drug-likeness (QED) is 0.261. The fraction of sp³-hybridized carbons (Fsp3) is 0.800. The number of hydrogen-bond acceptors (Lipinski definition) is 8. The first-order valence-electron chi connectivity index (χ1n) is 5.44. The first kappa shape index (κ1) is 16.8. The van der Waals surface area contributed by atoms with Crippen molar-refractivity contribution in [2.24, 2.45) is 0 Å². The molecule has 0 spiro atoms. The molecule has 0 saturated heterocycles. The van der Waals surface area contributed by atoms with E-state index >= 15 is 0 Å². The number of rotatable bonds is 9. The molecule has 0 unspecified atom stereocenters.